The first kappa shape index (κ1) is 21.9. The Hall–Kier alpha value is -2.32. The Bertz CT molecular complexity index is 884. The second kappa shape index (κ2) is 10.3. The van der Waals surface area contributed by atoms with Crippen molar-refractivity contribution in [2.75, 3.05) is 11.9 Å². The Kier molecular flexibility index (Phi) is 7.29. The monoisotopic (exact) mass is 443 g/mol. The first-order valence-corrected chi connectivity index (χ1v) is 12.0. The zero-order chi connectivity index (χ0) is 21.6. The molecule has 0 radical (unpaired) electrons. The van der Waals surface area contributed by atoms with Crippen LogP contribution in [0.1, 0.15) is 78.2 Å². The van der Waals surface area contributed by atoms with E-state index in [0.717, 1.165) is 63.0 Å². The number of benzene rings is 1. The van der Waals surface area contributed by atoms with Crippen LogP contribution in [0.4, 0.5) is 5.13 Å². The topological polar surface area (TPSA) is 101 Å². The number of aliphatic carboxylic acids is 1. The molecule has 1 amide bonds. The first-order valence-electron chi connectivity index (χ1n) is 11.1. The van der Waals surface area contributed by atoms with E-state index in [9.17, 15) is 9.59 Å². The number of nitrogens with one attached hydrogen (secondary N) is 1. The number of nitrogens with zero attached hydrogens (tertiary/aromatic N) is 2. The number of aryl methyl sites for hydroxylation is 1. The Labute approximate surface area is 186 Å². The number of rotatable bonds is 8. The van der Waals surface area contributed by atoms with E-state index in [4.69, 9.17) is 9.84 Å². The van der Waals surface area contributed by atoms with Gasteiger partial charge in [-0.25, -0.2) is 0 Å². The lowest BCUT2D eigenvalue weighted by atomic mass is 9.77. The van der Waals surface area contributed by atoms with Crippen LogP contribution in [0.3, 0.4) is 0 Å². The van der Waals surface area contributed by atoms with Gasteiger partial charge < -0.3 is 9.84 Å². The molecule has 7 nitrogen and oxygen atoms in total. The van der Waals surface area contributed by atoms with E-state index >= 15 is 0 Å². The molecule has 1 aromatic carbocycles. The van der Waals surface area contributed by atoms with Crippen molar-refractivity contribution >= 4 is 28.3 Å². The van der Waals surface area contributed by atoms with E-state index in [1.807, 2.05) is 24.3 Å². The summed E-state index contributed by atoms with van der Waals surface area (Å²) >= 11 is 1.42. The van der Waals surface area contributed by atoms with Gasteiger partial charge in [0.25, 0.3) is 5.91 Å². The van der Waals surface area contributed by atoms with E-state index in [1.165, 1.54) is 16.9 Å². The number of carboxylic acids is 1. The fraction of sp³-hybridized carbons (Fsp3) is 0.565. The van der Waals surface area contributed by atoms with Gasteiger partial charge in [-0.3, -0.25) is 14.9 Å². The molecule has 4 rings (SSSR count). The zero-order valence-electron chi connectivity index (χ0n) is 17.6. The number of hydrogen-bond acceptors (Lipinski definition) is 6. The summed E-state index contributed by atoms with van der Waals surface area (Å²) in [4.78, 5) is 23.5. The molecule has 1 saturated heterocycles. The third kappa shape index (κ3) is 6.11. The Morgan fingerprint density at radius 2 is 1.87 bits per heavy atom. The predicted molar refractivity (Wildman–Crippen MR) is 119 cm³/mol. The van der Waals surface area contributed by atoms with Crippen LogP contribution in [0.15, 0.2) is 24.3 Å². The van der Waals surface area contributed by atoms with Gasteiger partial charge in [-0.15, -0.1) is 10.2 Å². The quantitative estimate of drug-likeness (QED) is 0.616. The van der Waals surface area contributed by atoms with Gasteiger partial charge in [0.1, 0.15) is 5.01 Å². The fourth-order valence-electron chi connectivity index (χ4n) is 4.58. The molecular weight excluding hydrogens is 414 g/mol. The van der Waals surface area contributed by atoms with E-state index in [2.05, 4.69) is 15.5 Å². The fourth-order valence-corrected chi connectivity index (χ4v) is 5.33. The maximum atomic E-state index is 12.6. The molecule has 2 fully saturated rings. The minimum atomic E-state index is -0.704. The number of carbonyl (C=O) groups is 2. The highest BCUT2D eigenvalue weighted by atomic mass is 32.1. The Balaban J connectivity index is 1.26. The smallest absolute Gasteiger partial charge is 0.303 e. The number of amides is 1. The van der Waals surface area contributed by atoms with Crippen molar-refractivity contribution in [3.8, 4) is 0 Å². The summed E-state index contributed by atoms with van der Waals surface area (Å²) in [6.45, 7) is 0.854. The average molecular weight is 444 g/mol. The molecular formula is C23H29N3O4S. The summed E-state index contributed by atoms with van der Waals surface area (Å²) in [5.74, 6) is -0.152. The van der Waals surface area contributed by atoms with Crippen LogP contribution in [-0.4, -0.2) is 39.9 Å². The standard InChI is InChI=1S/C23H29N3O4S/c27-21(28)14-15-3-5-16(6-4-15)17-7-9-18(10-8-17)22(29)24-23-26-25-20(31-23)12-11-19-2-1-13-30-19/h7-10,15-16,19H,1-6,11-14H2,(H,27,28)(H,24,26,29). The van der Waals surface area contributed by atoms with Crippen molar-refractivity contribution in [3.05, 3.63) is 40.4 Å². The number of carbonyl (C=O) groups excluding carboxylic acids is 1. The third-order valence-corrected chi connectivity index (χ3v) is 7.24. The molecule has 0 bridgehead atoms. The highest BCUT2D eigenvalue weighted by molar-refractivity contribution is 7.15. The lowest BCUT2D eigenvalue weighted by Crippen LogP contribution is -2.16. The van der Waals surface area contributed by atoms with Crippen molar-refractivity contribution in [2.24, 2.45) is 5.92 Å². The highest BCUT2D eigenvalue weighted by Crippen LogP contribution is 2.37. The van der Waals surface area contributed by atoms with Gasteiger partial charge in [-0.1, -0.05) is 23.5 Å². The molecule has 2 heterocycles. The maximum absolute atomic E-state index is 12.6. The van der Waals surface area contributed by atoms with E-state index in [-0.39, 0.29) is 12.3 Å². The molecule has 1 saturated carbocycles. The average Bonchev–Trinajstić information content (AvgIpc) is 3.44. The summed E-state index contributed by atoms with van der Waals surface area (Å²) < 4.78 is 5.64. The molecule has 0 spiro atoms. The number of carboxylic acid groups (broad SMARTS) is 1. The summed E-state index contributed by atoms with van der Waals surface area (Å²) in [5, 5.41) is 21.5. The minimum Gasteiger partial charge on any atom is -0.481 e. The van der Waals surface area contributed by atoms with Crippen LogP contribution >= 0.6 is 11.3 Å². The number of aromatic nitrogens is 2. The van der Waals surface area contributed by atoms with Gasteiger partial charge in [0, 0.05) is 25.0 Å². The molecule has 1 aromatic heterocycles. The number of anilines is 1. The number of ether oxygens (including phenoxy) is 1. The van der Waals surface area contributed by atoms with E-state index in [1.54, 1.807) is 0 Å². The van der Waals surface area contributed by atoms with Gasteiger partial charge in [-0.05, 0) is 74.5 Å². The third-order valence-electron chi connectivity index (χ3n) is 6.35. The molecule has 2 aromatic rings. The van der Waals surface area contributed by atoms with E-state index in [0.29, 0.717) is 28.6 Å². The van der Waals surface area contributed by atoms with Crippen LogP contribution < -0.4 is 5.32 Å². The van der Waals surface area contributed by atoms with Crippen molar-refractivity contribution in [3.63, 3.8) is 0 Å². The molecule has 31 heavy (non-hydrogen) atoms. The SMILES string of the molecule is O=C(O)CC1CCC(c2ccc(C(=O)Nc3nnc(CCC4CCCO4)s3)cc2)CC1. The second-order valence-corrected chi connectivity index (χ2v) is 9.63. The summed E-state index contributed by atoms with van der Waals surface area (Å²) in [6, 6.07) is 7.75. The highest BCUT2D eigenvalue weighted by Gasteiger charge is 2.24. The molecule has 1 atom stereocenters. The first-order chi connectivity index (χ1) is 15.1. The van der Waals surface area contributed by atoms with Crippen LogP contribution in [-0.2, 0) is 16.0 Å². The predicted octanol–water partition coefficient (Wildman–Crippen LogP) is 4.65. The minimum absolute atomic E-state index is 0.182. The van der Waals surface area contributed by atoms with Crippen molar-refractivity contribution in [1.29, 1.82) is 0 Å². The molecule has 166 valence electrons. The Morgan fingerprint density at radius 3 is 2.55 bits per heavy atom. The van der Waals surface area contributed by atoms with Crippen molar-refractivity contribution in [1.82, 2.24) is 10.2 Å². The summed E-state index contributed by atoms with van der Waals surface area (Å²) in [6.07, 6.45) is 8.52. The molecule has 8 heteroatoms. The normalized spacial score (nSPS) is 23.5. The molecule has 1 unspecified atom stereocenters. The largest absolute Gasteiger partial charge is 0.481 e. The summed E-state index contributed by atoms with van der Waals surface area (Å²) in [5.41, 5.74) is 1.82. The van der Waals surface area contributed by atoms with Crippen molar-refractivity contribution < 1.29 is 19.4 Å². The summed E-state index contributed by atoms with van der Waals surface area (Å²) in [7, 11) is 0. The maximum Gasteiger partial charge on any atom is 0.303 e. The molecule has 1 aliphatic carbocycles. The van der Waals surface area contributed by atoms with Crippen LogP contribution in [0, 0.1) is 5.92 Å². The van der Waals surface area contributed by atoms with Crippen LogP contribution in [0.2, 0.25) is 0 Å². The van der Waals surface area contributed by atoms with Gasteiger partial charge in [0.05, 0.1) is 6.10 Å². The molecule has 1 aliphatic heterocycles. The lowest BCUT2D eigenvalue weighted by molar-refractivity contribution is -0.138. The second-order valence-electron chi connectivity index (χ2n) is 8.57. The Morgan fingerprint density at radius 1 is 1.10 bits per heavy atom. The van der Waals surface area contributed by atoms with Gasteiger partial charge in [-0.2, -0.15) is 0 Å². The van der Waals surface area contributed by atoms with Crippen molar-refractivity contribution in [2.45, 2.75) is 69.8 Å². The molecule has 2 aliphatic rings. The van der Waals surface area contributed by atoms with Gasteiger partial charge in [0.15, 0.2) is 0 Å². The molecule has 2 N–H and O–H groups in total. The van der Waals surface area contributed by atoms with Gasteiger partial charge in [0.2, 0.25) is 5.13 Å². The lowest BCUT2D eigenvalue weighted by Gasteiger charge is -2.28. The van der Waals surface area contributed by atoms with Crippen LogP contribution in [0.5, 0.6) is 0 Å². The number of hydrogen-bond donors (Lipinski definition) is 2. The van der Waals surface area contributed by atoms with E-state index < -0.39 is 5.97 Å². The zero-order valence-corrected chi connectivity index (χ0v) is 18.4. The van der Waals surface area contributed by atoms with Gasteiger partial charge >= 0.3 is 5.97 Å². The van der Waals surface area contributed by atoms with Crippen LogP contribution in [0.25, 0.3) is 0 Å².